The second kappa shape index (κ2) is 11.7. The first-order chi connectivity index (χ1) is 15.6. The summed E-state index contributed by atoms with van der Waals surface area (Å²) in [5.41, 5.74) is 2.18. The maximum Gasteiger partial charge on any atom is 0.244 e. The van der Waals surface area contributed by atoms with Crippen LogP contribution in [0.5, 0.6) is 5.75 Å². The van der Waals surface area contributed by atoms with E-state index in [0.29, 0.717) is 24.4 Å². The van der Waals surface area contributed by atoms with Crippen molar-refractivity contribution in [2.45, 2.75) is 39.8 Å². The number of aryl methyl sites for hydroxylation is 1. The molecule has 8 nitrogen and oxygen atoms in total. The minimum absolute atomic E-state index is 0.191. The van der Waals surface area contributed by atoms with Crippen molar-refractivity contribution in [3.05, 3.63) is 59.7 Å². The van der Waals surface area contributed by atoms with Crippen LogP contribution in [0.25, 0.3) is 0 Å². The Morgan fingerprint density at radius 2 is 1.79 bits per heavy atom. The molecule has 1 unspecified atom stereocenters. The molecule has 2 aromatic rings. The highest BCUT2D eigenvalue weighted by Crippen LogP contribution is 2.24. The quantitative estimate of drug-likeness (QED) is 0.539. The fourth-order valence-corrected chi connectivity index (χ4v) is 4.40. The van der Waals surface area contributed by atoms with Crippen LogP contribution in [-0.4, -0.2) is 57.6 Å². The molecular weight excluding hydrogens is 442 g/mol. The number of rotatable bonds is 11. The Labute approximate surface area is 196 Å². The summed E-state index contributed by atoms with van der Waals surface area (Å²) in [6.07, 6.45) is 1.44. The number of hydrogen-bond donors (Lipinski definition) is 1. The zero-order valence-electron chi connectivity index (χ0n) is 19.9. The number of carbonyl (C=O) groups is 2. The number of sulfonamides is 1. The lowest BCUT2D eigenvalue weighted by Gasteiger charge is -2.33. The molecule has 0 fully saturated rings. The van der Waals surface area contributed by atoms with Gasteiger partial charge in [-0.05, 0) is 43.5 Å². The maximum absolute atomic E-state index is 13.6. The summed E-state index contributed by atoms with van der Waals surface area (Å²) in [6, 6.07) is 13.4. The van der Waals surface area contributed by atoms with E-state index in [1.165, 1.54) is 12.0 Å². The largest absolute Gasteiger partial charge is 0.497 e. The number of anilines is 1. The van der Waals surface area contributed by atoms with E-state index in [0.717, 1.165) is 21.7 Å². The van der Waals surface area contributed by atoms with Crippen LogP contribution in [0.1, 0.15) is 31.4 Å². The maximum atomic E-state index is 13.6. The Morgan fingerprint density at radius 3 is 2.36 bits per heavy atom. The number of hydrogen-bond acceptors (Lipinski definition) is 5. The first kappa shape index (κ1) is 26.2. The van der Waals surface area contributed by atoms with Crippen LogP contribution in [0, 0.1) is 6.92 Å². The monoisotopic (exact) mass is 475 g/mol. The molecule has 180 valence electrons. The molecule has 9 heteroatoms. The van der Waals surface area contributed by atoms with Crippen LogP contribution in [-0.2, 0) is 26.2 Å². The second-order valence-electron chi connectivity index (χ2n) is 7.74. The van der Waals surface area contributed by atoms with Crippen molar-refractivity contribution in [2.24, 2.45) is 0 Å². The summed E-state index contributed by atoms with van der Waals surface area (Å²) in [4.78, 5) is 27.8. The van der Waals surface area contributed by atoms with Crippen LogP contribution in [0.15, 0.2) is 48.5 Å². The van der Waals surface area contributed by atoms with Gasteiger partial charge in [-0.1, -0.05) is 37.3 Å². The number of nitrogens with zero attached hydrogens (tertiary/aromatic N) is 2. The molecule has 33 heavy (non-hydrogen) atoms. The van der Waals surface area contributed by atoms with Crippen molar-refractivity contribution in [1.29, 1.82) is 0 Å². The van der Waals surface area contributed by atoms with E-state index in [1.54, 1.807) is 24.3 Å². The SMILES string of the molecule is CCNC(=O)C(CC)N(Cc1ccccc1C)C(=O)CN(c1cccc(OC)c1)S(C)(=O)=O. The molecular formula is C24H33N3O5S. The van der Waals surface area contributed by atoms with E-state index in [1.807, 2.05) is 45.0 Å². The van der Waals surface area contributed by atoms with Gasteiger partial charge in [0.1, 0.15) is 18.3 Å². The number of nitrogens with one attached hydrogen (secondary N) is 1. The molecule has 0 saturated carbocycles. The van der Waals surface area contributed by atoms with Crippen molar-refractivity contribution in [1.82, 2.24) is 10.2 Å². The van der Waals surface area contributed by atoms with Crippen LogP contribution in [0.2, 0.25) is 0 Å². The first-order valence-corrected chi connectivity index (χ1v) is 12.7. The molecule has 0 aliphatic heterocycles. The summed E-state index contributed by atoms with van der Waals surface area (Å²) >= 11 is 0. The summed E-state index contributed by atoms with van der Waals surface area (Å²) < 4.78 is 31.5. The molecule has 2 amide bonds. The smallest absolute Gasteiger partial charge is 0.244 e. The van der Waals surface area contributed by atoms with Gasteiger partial charge in [0.05, 0.1) is 19.1 Å². The fraction of sp³-hybridized carbons (Fsp3) is 0.417. The van der Waals surface area contributed by atoms with E-state index in [2.05, 4.69) is 5.32 Å². The molecule has 0 bridgehead atoms. The Hall–Kier alpha value is -3.07. The minimum Gasteiger partial charge on any atom is -0.497 e. The highest BCUT2D eigenvalue weighted by molar-refractivity contribution is 7.92. The van der Waals surface area contributed by atoms with Gasteiger partial charge in [-0.3, -0.25) is 13.9 Å². The number of amides is 2. The van der Waals surface area contributed by atoms with Crippen molar-refractivity contribution in [3.8, 4) is 5.75 Å². The van der Waals surface area contributed by atoms with Gasteiger partial charge in [0, 0.05) is 19.2 Å². The van der Waals surface area contributed by atoms with Crippen molar-refractivity contribution in [3.63, 3.8) is 0 Å². The number of benzene rings is 2. The third kappa shape index (κ3) is 6.95. The summed E-state index contributed by atoms with van der Waals surface area (Å²) in [5, 5.41) is 2.78. The average Bonchev–Trinajstić information content (AvgIpc) is 2.77. The highest BCUT2D eigenvalue weighted by Gasteiger charge is 2.31. The molecule has 0 radical (unpaired) electrons. The molecule has 0 saturated heterocycles. The topological polar surface area (TPSA) is 96.0 Å². The lowest BCUT2D eigenvalue weighted by molar-refractivity contribution is -0.140. The fourth-order valence-electron chi connectivity index (χ4n) is 3.56. The highest BCUT2D eigenvalue weighted by atomic mass is 32.2. The van der Waals surface area contributed by atoms with Gasteiger partial charge >= 0.3 is 0 Å². The van der Waals surface area contributed by atoms with Gasteiger partial charge in [-0.15, -0.1) is 0 Å². The molecule has 0 heterocycles. The summed E-state index contributed by atoms with van der Waals surface area (Å²) in [5.74, 6) is -0.266. The third-order valence-corrected chi connectivity index (χ3v) is 6.50. The Morgan fingerprint density at radius 1 is 1.09 bits per heavy atom. The average molecular weight is 476 g/mol. The number of carbonyl (C=O) groups excluding carboxylic acids is 2. The van der Waals surface area contributed by atoms with Crippen LogP contribution >= 0.6 is 0 Å². The van der Waals surface area contributed by atoms with E-state index in [9.17, 15) is 18.0 Å². The molecule has 0 aliphatic rings. The molecule has 0 aromatic heterocycles. The second-order valence-corrected chi connectivity index (χ2v) is 9.64. The lowest BCUT2D eigenvalue weighted by Crippen LogP contribution is -2.52. The zero-order chi connectivity index (χ0) is 24.6. The van der Waals surface area contributed by atoms with Gasteiger partial charge in [0.25, 0.3) is 0 Å². The Balaban J connectivity index is 2.46. The standard InChI is InChI=1S/C24H33N3O5S/c1-6-22(24(29)25-7-2)26(16-19-12-9-8-11-18(19)3)23(28)17-27(33(5,30)31)20-13-10-14-21(15-20)32-4/h8-15,22H,6-7,16-17H2,1-5H3,(H,25,29). The van der Waals surface area contributed by atoms with Gasteiger partial charge in [-0.2, -0.15) is 0 Å². The van der Waals surface area contributed by atoms with Crippen LogP contribution in [0.4, 0.5) is 5.69 Å². The van der Waals surface area contributed by atoms with E-state index < -0.39 is 28.5 Å². The van der Waals surface area contributed by atoms with Crippen LogP contribution in [0.3, 0.4) is 0 Å². The van der Waals surface area contributed by atoms with Gasteiger partial charge in [-0.25, -0.2) is 8.42 Å². The van der Waals surface area contributed by atoms with E-state index >= 15 is 0 Å². The van der Waals surface area contributed by atoms with Crippen molar-refractivity contribution >= 4 is 27.5 Å². The molecule has 0 spiro atoms. The molecule has 1 atom stereocenters. The number of methoxy groups -OCH3 is 1. The van der Waals surface area contributed by atoms with Crippen LogP contribution < -0.4 is 14.4 Å². The normalized spacial score (nSPS) is 12.0. The van der Waals surface area contributed by atoms with Crippen molar-refractivity contribution < 1.29 is 22.7 Å². The number of ether oxygens (including phenoxy) is 1. The predicted octanol–water partition coefficient (Wildman–Crippen LogP) is 2.71. The van der Waals surface area contributed by atoms with E-state index in [-0.39, 0.29) is 12.5 Å². The minimum atomic E-state index is -3.79. The lowest BCUT2D eigenvalue weighted by atomic mass is 10.1. The number of likely N-dealkylation sites (N-methyl/N-ethyl adjacent to an activating group) is 1. The van der Waals surface area contributed by atoms with Gasteiger partial charge < -0.3 is 15.0 Å². The predicted molar refractivity (Wildman–Crippen MR) is 130 cm³/mol. The van der Waals surface area contributed by atoms with E-state index in [4.69, 9.17) is 4.74 Å². The summed E-state index contributed by atoms with van der Waals surface area (Å²) in [7, 11) is -2.30. The third-order valence-electron chi connectivity index (χ3n) is 5.36. The molecule has 1 N–H and O–H groups in total. The Bertz CT molecular complexity index is 1070. The molecule has 2 rings (SSSR count). The Kier molecular flexibility index (Phi) is 9.28. The van der Waals surface area contributed by atoms with Crippen molar-refractivity contribution in [2.75, 3.05) is 30.8 Å². The molecule has 2 aromatic carbocycles. The first-order valence-electron chi connectivity index (χ1n) is 10.9. The van der Waals surface area contributed by atoms with Gasteiger partial charge in [0.2, 0.25) is 21.8 Å². The van der Waals surface area contributed by atoms with Gasteiger partial charge in [0.15, 0.2) is 0 Å². The summed E-state index contributed by atoms with van der Waals surface area (Å²) in [6.45, 7) is 5.76. The zero-order valence-corrected chi connectivity index (χ0v) is 20.7. The molecule has 0 aliphatic carbocycles.